The van der Waals surface area contributed by atoms with Crippen LogP contribution in [0.3, 0.4) is 0 Å². The third-order valence-electron chi connectivity index (χ3n) is 6.73. The molecule has 2 aliphatic heterocycles. The second kappa shape index (κ2) is 8.14. The lowest BCUT2D eigenvalue weighted by molar-refractivity contribution is 0.0711. The molecular weight excluding hydrogens is 500 g/mol. The fourth-order valence-electron chi connectivity index (χ4n) is 5.07. The Morgan fingerprint density at radius 1 is 1.24 bits per heavy atom. The number of carbonyl (C=O) groups is 1. The number of aromatic nitrogens is 3. The minimum absolute atomic E-state index is 0.0363. The molecular formula is C24H23BrN6OS. The molecule has 7 nitrogen and oxygen atoms in total. The van der Waals surface area contributed by atoms with Gasteiger partial charge in [0, 0.05) is 47.7 Å². The Morgan fingerprint density at radius 3 is 2.85 bits per heavy atom. The fraction of sp³-hybridized carbons (Fsp3) is 0.292. The maximum absolute atomic E-state index is 12.7. The number of imidazole rings is 1. The average molecular weight is 523 g/mol. The van der Waals surface area contributed by atoms with Crippen molar-refractivity contribution in [3.8, 4) is 0 Å². The Kier molecular flexibility index (Phi) is 5.10. The van der Waals surface area contributed by atoms with Gasteiger partial charge in [-0.3, -0.25) is 9.20 Å². The van der Waals surface area contributed by atoms with Gasteiger partial charge in [0.25, 0.3) is 5.91 Å². The lowest BCUT2D eigenvalue weighted by Crippen LogP contribution is -2.38. The van der Waals surface area contributed by atoms with E-state index in [2.05, 4.69) is 42.8 Å². The number of piperidine rings is 1. The Balaban J connectivity index is 1.30. The Hall–Kier alpha value is -2.91. The van der Waals surface area contributed by atoms with Crippen LogP contribution in [-0.2, 0) is 6.42 Å². The van der Waals surface area contributed by atoms with E-state index in [1.807, 2.05) is 34.0 Å². The highest BCUT2D eigenvalue weighted by Gasteiger charge is 2.32. The number of nitrogens with one attached hydrogen (secondary N) is 1. The minimum atomic E-state index is 0.0363. The SMILES string of the molecule is Nc1nccn2c(C3CCN(C(=O)c4ccsc4)CC3)nc(C3Cc4cccc(Br)c4N3)c12. The van der Waals surface area contributed by atoms with Gasteiger partial charge in [0.2, 0.25) is 0 Å². The molecule has 5 heterocycles. The first-order valence-corrected chi connectivity index (χ1v) is 12.8. The van der Waals surface area contributed by atoms with Gasteiger partial charge >= 0.3 is 0 Å². The summed E-state index contributed by atoms with van der Waals surface area (Å²) in [5.41, 5.74) is 11.3. The van der Waals surface area contributed by atoms with Crippen molar-refractivity contribution in [3.63, 3.8) is 0 Å². The van der Waals surface area contributed by atoms with Gasteiger partial charge in [-0.15, -0.1) is 0 Å². The van der Waals surface area contributed by atoms with Gasteiger partial charge in [0.15, 0.2) is 0 Å². The number of nitrogens with zero attached hydrogens (tertiary/aromatic N) is 4. The summed E-state index contributed by atoms with van der Waals surface area (Å²) >= 11 is 5.21. The number of hydrogen-bond donors (Lipinski definition) is 2. The van der Waals surface area contributed by atoms with Crippen LogP contribution in [0, 0.1) is 0 Å². The molecule has 0 radical (unpaired) electrons. The van der Waals surface area contributed by atoms with Crippen LogP contribution in [-0.4, -0.2) is 38.3 Å². The van der Waals surface area contributed by atoms with Crippen molar-refractivity contribution in [2.24, 2.45) is 0 Å². The summed E-state index contributed by atoms with van der Waals surface area (Å²) in [5, 5.41) is 7.50. The minimum Gasteiger partial charge on any atom is -0.382 e. The summed E-state index contributed by atoms with van der Waals surface area (Å²) in [7, 11) is 0. The average Bonchev–Trinajstić information content (AvgIpc) is 3.58. The molecule has 33 heavy (non-hydrogen) atoms. The number of benzene rings is 1. The standard InChI is InChI=1S/C24H23BrN6OS/c25-17-3-1-2-15-12-18(28-19(15)17)20-21-22(26)27-7-10-31(21)23(29-20)14-4-8-30(9-5-14)24(32)16-6-11-33-13-16/h1-3,6-7,10-11,13-14,18,28H,4-5,8-9,12H2,(H2,26,27). The van der Waals surface area contributed by atoms with E-state index in [0.29, 0.717) is 5.82 Å². The number of para-hydroxylation sites is 1. The third-order valence-corrected chi connectivity index (χ3v) is 8.07. The molecule has 0 spiro atoms. The van der Waals surface area contributed by atoms with Gasteiger partial charge in [0.05, 0.1) is 23.0 Å². The fourth-order valence-corrected chi connectivity index (χ4v) is 6.22. The normalized spacial score (nSPS) is 18.5. The van der Waals surface area contributed by atoms with Gasteiger partial charge < -0.3 is 16.0 Å². The quantitative estimate of drug-likeness (QED) is 0.400. The highest BCUT2D eigenvalue weighted by atomic mass is 79.9. The number of fused-ring (bicyclic) bond motifs is 2. The number of rotatable bonds is 3. The van der Waals surface area contributed by atoms with E-state index in [-0.39, 0.29) is 17.9 Å². The molecule has 6 rings (SSSR count). The van der Waals surface area contributed by atoms with E-state index in [4.69, 9.17) is 10.7 Å². The molecule has 3 N–H and O–H groups in total. The van der Waals surface area contributed by atoms with E-state index in [9.17, 15) is 4.79 Å². The van der Waals surface area contributed by atoms with Crippen LogP contribution in [0.15, 0.2) is 51.9 Å². The summed E-state index contributed by atoms with van der Waals surface area (Å²) in [6.07, 6.45) is 6.29. The molecule has 4 aromatic rings. The predicted molar refractivity (Wildman–Crippen MR) is 134 cm³/mol. The molecule has 1 saturated heterocycles. The number of hydrogen-bond acceptors (Lipinski definition) is 6. The number of halogens is 1. The molecule has 1 amide bonds. The molecule has 0 saturated carbocycles. The molecule has 2 aliphatic rings. The number of nitrogens with two attached hydrogens (primary N) is 1. The summed E-state index contributed by atoms with van der Waals surface area (Å²) in [4.78, 5) is 24.2. The van der Waals surface area contributed by atoms with Crippen LogP contribution in [0.25, 0.3) is 5.52 Å². The van der Waals surface area contributed by atoms with Crippen molar-refractivity contribution in [2.75, 3.05) is 24.1 Å². The van der Waals surface area contributed by atoms with Crippen LogP contribution in [0.5, 0.6) is 0 Å². The first-order chi connectivity index (χ1) is 16.1. The highest BCUT2D eigenvalue weighted by Crippen LogP contribution is 2.41. The first-order valence-electron chi connectivity index (χ1n) is 11.1. The Labute approximate surface area is 203 Å². The van der Waals surface area contributed by atoms with Gasteiger partial charge in [-0.1, -0.05) is 12.1 Å². The predicted octanol–water partition coefficient (Wildman–Crippen LogP) is 4.86. The highest BCUT2D eigenvalue weighted by molar-refractivity contribution is 9.10. The molecule has 1 unspecified atom stereocenters. The van der Waals surface area contributed by atoms with Crippen molar-refractivity contribution in [2.45, 2.75) is 31.2 Å². The van der Waals surface area contributed by atoms with Crippen LogP contribution in [0.2, 0.25) is 0 Å². The van der Waals surface area contributed by atoms with Crippen molar-refractivity contribution in [1.82, 2.24) is 19.3 Å². The summed E-state index contributed by atoms with van der Waals surface area (Å²) in [5.74, 6) is 1.88. The molecule has 1 fully saturated rings. The largest absolute Gasteiger partial charge is 0.382 e. The van der Waals surface area contributed by atoms with Gasteiger partial charge in [0.1, 0.15) is 17.2 Å². The lowest BCUT2D eigenvalue weighted by atomic mass is 9.95. The van der Waals surface area contributed by atoms with E-state index >= 15 is 0 Å². The van der Waals surface area contributed by atoms with Crippen LogP contribution in [0.1, 0.15) is 52.2 Å². The summed E-state index contributed by atoms with van der Waals surface area (Å²) < 4.78 is 3.17. The van der Waals surface area contributed by atoms with Crippen LogP contribution in [0.4, 0.5) is 11.5 Å². The molecule has 3 aromatic heterocycles. The third kappa shape index (κ3) is 3.50. The number of amides is 1. The smallest absolute Gasteiger partial charge is 0.254 e. The Bertz CT molecular complexity index is 1340. The second-order valence-corrected chi connectivity index (χ2v) is 10.3. The van der Waals surface area contributed by atoms with E-state index in [1.165, 1.54) is 5.56 Å². The zero-order valence-corrected chi connectivity index (χ0v) is 20.3. The van der Waals surface area contributed by atoms with Crippen molar-refractivity contribution < 1.29 is 4.79 Å². The molecule has 1 aromatic carbocycles. The van der Waals surface area contributed by atoms with E-state index in [0.717, 1.165) is 65.1 Å². The van der Waals surface area contributed by atoms with Crippen molar-refractivity contribution in [3.05, 3.63) is 74.5 Å². The summed E-state index contributed by atoms with van der Waals surface area (Å²) in [6, 6.07) is 8.19. The van der Waals surface area contributed by atoms with Crippen LogP contribution >= 0.6 is 27.3 Å². The second-order valence-electron chi connectivity index (χ2n) is 8.64. The first kappa shape index (κ1) is 20.7. The van der Waals surface area contributed by atoms with Gasteiger partial charge in [-0.2, -0.15) is 11.3 Å². The molecule has 9 heteroatoms. The Morgan fingerprint density at radius 2 is 2.09 bits per heavy atom. The molecule has 1 atom stereocenters. The number of carbonyl (C=O) groups excluding carboxylic acids is 1. The number of likely N-dealkylation sites (tertiary alicyclic amines) is 1. The number of thiophene rings is 1. The van der Waals surface area contributed by atoms with E-state index < -0.39 is 0 Å². The van der Waals surface area contributed by atoms with Gasteiger partial charge in [-0.05, 0) is 51.8 Å². The number of nitrogen functional groups attached to an aromatic ring is 1. The molecule has 0 aliphatic carbocycles. The number of anilines is 2. The van der Waals surface area contributed by atoms with Crippen molar-refractivity contribution >= 4 is 50.2 Å². The zero-order chi connectivity index (χ0) is 22.5. The van der Waals surface area contributed by atoms with Crippen LogP contribution < -0.4 is 11.1 Å². The van der Waals surface area contributed by atoms with E-state index in [1.54, 1.807) is 17.5 Å². The topological polar surface area (TPSA) is 88.5 Å². The molecule has 168 valence electrons. The summed E-state index contributed by atoms with van der Waals surface area (Å²) in [6.45, 7) is 1.45. The molecule has 0 bridgehead atoms. The lowest BCUT2D eigenvalue weighted by Gasteiger charge is -2.31. The van der Waals surface area contributed by atoms with Gasteiger partial charge in [-0.25, -0.2) is 9.97 Å². The maximum atomic E-state index is 12.7. The van der Waals surface area contributed by atoms with Crippen molar-refractivity contribution in [1.29, 1.82) is 0 Å². The monoisotopic (exact) mass is 522 g/mol. The maximum Gasteiger partial charge on any atom is 0.254 e. The zero-order valence-electron chi connectivity index (χ0n) is 17.9.